The van der Waals surface area contributed by atoms with Gasteiger partial charge in [0.25, 0.3) is 0 Å². The molecule has 0 aromatic carbocycles. The average molecular weight is 805 g/mol. The number of esters is 1. The van der Waals surface area contributed by atoms with Crippen LogP contribution in [0.3, 0.4) is 0 Å². The summed E-state index contributed by atoms with van der Waals surface area (Å²) >= 11 is 0. The fourth-order valence-corrected chi connectivity index (χ4v) is 12.0. The van der Waals surface area contributed by atoms with Crippen LogP contribution in [0, 0.1) is 28.1 Å². The Morgan fingerprint density at radius 1 is 0.679 bits per heavy atom. The molecule has 3 saturated heterocycles. The Labute approximate surface area is 324 Å². The molecule has 7 rings (SSSR count). The van der Waals surface area contributed by atoms with Crippen molar-refractivity contribution in [3.63, 3.8) is 0 Å². The zero-order valence-corrected chi connectivity index (χ0v) is 31.8. The Bertz CT molecular complexity index is 1450. The fourth-order valence-electron chi connectivity index (χ4n) is 12.0. The highest BCUT2D eigenvalue weighted by atomic mass is 16.8. The monoisotopic (exact) mass is 804 g/mol. The van der Waals surface area contributed by atoms with Gasteiger partial charge in [-0.15, -0.1) is 0 Å². The molecule has 2 bridgehead atoms. The average Bonchev–Trinajstić information content (AvgIpc) is 3.37. The molecule has 3 heterocycles. The van der Waals surface area contributed by atoms with Gasteiger partial charge in [0, 0.05) is 0 Å². The highest BCUT2D eigenvalue weighted by Gasteiger charge is 2.69. The maximum atomic E-state index is 14.1. The Morgan fingerprint density at radius 2 is 1.21 bits per heavy atom. The number of aliphatic hydroxyl groups excluding tert-OH is 11. The van der Waals surface area contributed by atoms with Gasteiger partial charge in [0.1, 0.15) is 73.2 Å². The number of fused-ring (bicyclic) bond motifs is 3. The van der Waals surface area contributed by atoms with Gasteiger partial charge in [-0.3, -0.25) is 4.79 Å². The summed E-state index contributed by atoms with van der Waals surface area (Å²) < 4.78 is 35.6. The molecule has 1 spiro atoms. The number of rotatable bonds is 9. The number of carbonyl (C=O) groups is 1. The molecule has 11 N–H and O–H groups in total. The summed E-state index contributed by atoms with van der Waals surface area (Å²) in [6.45, 7) is 6.52. The predicted molar refractivity (Wildman–Crippen MR) is 186 cm³/mol. The van der Waals surface area contributed by atoms with Gasteiger partial charge in [0.15, 0.2) is 12.6 Å². The van der Waals surface area contributed by atoms with Gasteiger partial charge < -0.3 is 84.6 Å². The predicted octanol–water partition coefficient (Wildman–Crippen LogP) is -2.94. The zero-order valence-electron chi connectivity index (χ0n) is 31.8. The van der Waals surface area contributed by atoms with Gasteiger partial charge >= 0.3 is 5.97 Å². The van der Waals surface area contributed by atoms with E-state index in [1.165, 1.54) is 0 Å². The number of hydrogen-bond acceptors (Lipinski definition) is 18. The molecule has 18 heteroatoms. The summed E-state index contributed by atoms with van der Waals surface area (Å²) in [5, 5.41) is 114. The van der Waals surface area contributed by atoms with Crippen LogP contribution in [-0.2, 0) is 33.2 Å². The van der Waals surface area contributed by atoms with Crippen molar-refractivity contribution in [2.75, 3.05) is 19.8 Å². The van der Waals surface area contributed by atoms with E-state index < -0.39 is 129 Å². The van der Waals surface area contributed by atoms with Crippen LogP contribution in [0.15, 0.2) is 12.2 Å². The van der Waals surface area contributed by atoms with Crippen molar-refractivity contribution < 1.29 is 89.4 Å². The van der Waals surface area contributed by atoms with Crippen LogP contribution in [0.1, 0.15) is 71.6 Å². The summed E-state index contributed by atoms with van der Waals surface area (Å²) in [6.07, 6.45) is -17.8. The SMILES string of the molecule is C=C1C[C@]23CC[C@@H]4[C@](C)(CCC[C@@]4(C)C(=O)O[C@@H]4O[C@H](CO)[C@@H](O)[C@H](O)[C@H]4O)[C@H]2CC[C@]1(O[C@H]1O[C@H](CO)[C@@H](O)[C@H](O)[C@H]1O[C@@H]1O[C@H](CO)[C@@H](O)[C@H](O)[C@H]1O)C3. The fraction of sp³-hybridized carbons (Fsp3) is 0.921. The summed E-state index contributed by atoms with van der Waals surface area (Å²) in [4.78, 5) is 14.1. The smallest absolute Gasteiger partial charge is 0.314 e. The lowest BCUT2D eigenvalue weighted by atomic mass is 9.41. The van der Waals surface area contributed by atoms with E-state index in [-0.39, 0.29) is 22.7 Å². The van der Waals surface area contributed by atoms with Crippen molar-refractivity contribution in [2.24, 2.45) is 28.1 Å². The first kappa shape index (κ1) is 42.7. The minimum absolute atomic E-state index is 0.121. The maximum absolute atomic E-state index is 14.1. The lowest BCUT2D eigenvalue weighted by Gasteiger charge is -2.64. The van der Waals surface area contributed by atoms with Crippen LogP contribution in [0.4, 0.5) is 0 Å². The Kier molecular flexibility index (Phi) is 11.9. The lowest BCUT2D eigenvalue weighted by molar-refractivity contribution is -0.378. The standard InChI is InChI=1S/C38H60O18/c1-16-11-37-9-5-20-35(2,7-4-8-36(20,3)34(50)55-32-29(49)26(46)23(43)18(13-40)52-32)21(37)6-10-38(16,15-37)56-33-30(27(47)24(44)19(14-41)53-33)54-31-28(48)25(45)22(42)17(12-39)51-31/h17-33,39-49H,1,4-15H2,2-3H3/t17-,18-,19-,20-,21-,22-,23-,24-,25+,26+,27+,28-,29-,30-,31+,32+,33-,35+,36-,37+,38+/m1/s1. The maximum Gasteiger partial charge on any atom is 0.314 e. The van der Waals surface area contributed by atoms with Gasteiger partial charge in [0.05, 0.1) is 30.8 Å². The largest absolute Gasteiger partial charge is 0.432 e. The molecule has 18 nitrogen and oxygen atoms in total. The molecule has 0 aromatic rings. The second kappa shape index (κ2) is 15.6. The minimum atomic E-state index is -1.81. The van der Waals surface area contributed by atoms with Gasteiger partial charge in [0.2, 0.25) is 6.29 Å². The third-order valence-electron chi connectivity index (χ3n) is 15.0. The molecule has 4 saturated carbocycles. The molecule has 21 atom stereocenters. The third-order valence-corrected chi connectivity index (χ3v) is 15.0. The normalized spacial score (nSPS) is 54.6. The minimum Gasteiger partial charge on any atom is -0.432 e. The highest BCUT2D eigenvalue weighted by molar-refractivity contribution is 5.77. The second-order valence-corrected chi connectivity index (χ2v) is 18.0. The van der Waals surface area contributed by atoms with Gasteiger partial charge in [-0.25, -0.2) is 0 Å². The van der Waals surface area contributed by atoms with Crippen molar-refractivity contribution in [1.82, 2.24) is 0 Å². The van der Waals surface area contributed by atoms with E-state index in [0.717, 1.165) is 18.4 Å². The second-order valence-electron chi connectivity index (χ2n) is 18.0. The van der Waals surface area contributed by atoms with Crippen molar-refractivity contribution in [3.8, 4) is 0 Å². The van der Waals surface area contributed by atoms with E-state index in [1.54, 1.807) is 0 Å². The van der Waals surface area contributed by atoms with E-state index >= 15 is 0 Å². The summed E-state index contributed by atoms with van der Waals surface area (Å²) in [5.41, 5.74) is -1.80. The van der Waals surface area contributed by atoms with Crippen LogP contribution in [-0.4, -0.2) is 180 Å². The molecule has 320 valence electrons. The molecule has 56 heavy (non-hydrogen) atoms. The molecule has 7 fully saturated rings. The molecule has 0 amide bonds. The molecule has 0 aromatic heterocycles. The third kappa shape index (κ3) is 6.69. The molecule has 7 aliphatic rings. The Hall–Kier alpha value is -1.43. The number of aliphatic hydroxyl groups is 11. The van der Waals surface area contributed by atoms with Crippen LogP contribution in [0.25, 0.3) is 0 Å². The van der Waals surface area contributed by atoms with E-state index in [9.17, 15) is 61.0 Å². The number of hydrogen-bond donors (Lipinski definition) is 11. The van der Waals surface area contributed by atoms with Crippen molar-refractivity contribution in [2.45, 2.75) is 169 Å². The first-order valence-corrected chi connectivity index (χ1v) is 19.9. The van der Waals surface area contributed by atoms with Crippen LogP contribution >= 0.6 is 0 Å². The van der Waals surface area contributed by atoms with Crippen LogP contribution in [0.5, 0.6) is 0 Å². The van der Waals surface area contributed by atoms with E-state index in [2.05, 4.69) is 13.5 Å². The Balaban J connectivity index is 1.10. The van der Waals surface area contributed by atoms with Gasteiger partial charge in [-0.1, -0.05) is 19.9 Å². The summed E-state index contributed by atoms with van der Waals surface area (Å²) in [6, 6.07) is 0. The van der Waals surface area contributed by atoms with Crippen molar-refractivity contribution >= 4 is 5.97 Å². The first-order valence-electron chi connectivity index (χ1n) is 19.9. The zero-order chi connectivity index (χ0) is 40.7. The topological polar surface area (TPSA) is 295 Å². The first-order chi connectivity index (χ1) is 26.4. The molecule has 0 unspecified atom stereocenters. The molecule has 0 radical (unpaired) electrons. The van der Waals surface area contributed by atoms with Crippen LogP contribution < -0.4 is 0 Å². The quantitative estimate of drug-likeness (QED) is 0.0631. The highest BCUT2D eigenvalue weighted by Crippen LogP contribution is 2.73. The van der Waals surface area contributed by atoms with E-state index in [4.69, 9.17) is 28.4 Å². The molecular formula is C38H60O18. The summed E-state index contributed by atoms with van der Waals surface area (Å²) in [5.74, 6) is -0.591. The summed E-state index contributed by atoms with van der Waals surface area (Å²) in [7, 11) is 0. The van der Waals surface area contributed by atoms with Crippen molar-refractivity contribution in [3.05, 3.63) is 12.2 Å². The number of carbonyl (C=O) groups excluding carboxylic acids is 1. The van der Waals surface area contributed by atoms with E-state index in [0.29, 0.717) is 44.9 Å². The van der Waals surface area contributed by atoms with E-state index in [1.807, 2.05) is 6.92 Å². The molecule has 4 aliphatic carbocycles. The Morgan fingerprint density at radius 3 is 1.82 bits per heavy atom. The molecular weight excluding hydrogens is 744 g/mol. The molecule has 3 aliphatic heterocycles. The number of ether oxygens (including phenoxy) is 6. The van der Waals surface area contributed by atoms with Crippen LogP contribution in [0.2, 0.25) is 0 Å². The lowest BCUT2D eigenvalue weighted by Crippen LogP contribution is -2.65. The van der Waals surface area contributed by atoms with Crippen molar-refractivity contribution in [1.29, 1.82) is 0 Å². The van der Waals surface area contributed by atoms with Gasteiger partial charge in [-0.05, 0) is 86.5 Å². The van der Waals surface area contributed by atoms with Gasteiger partial charge in [-0.2, -0.15) is 0 Å².